The molecular weight excluding hydrogens is 282 g/mol. The average molecular weight is 297 g/mol. The summed E-state index contributed by atoms with van der Waals surface area (Å²) < 4.78 is 1.98. The summed E-state index contributed by atoms with van der Waals surface area (Å²) in [6.07, 6.45) is 2.01. The smallest absolute Gasteiger partial charge is 0.175 e. The summed E-state index contributed by atoms with van der Waals surface area (Å²) in [6, 6.07) is 8.36. The highest BCUT2D eigenvalue weighted by molar-refractivity contribution is 8.03. The molecule has 2 aromatic rings. The number of nitrogens with two attached hydrogens (primary N) is 1. The molecule has 0 amide bonds. The van der Waals surface area contributed by atoms with Crippen LogP contribution >= 0.6 is 34.9 Å². The van der Waals surface area contributed by atoms with Crippen molar-refractivity contribution in [1.29, 1.82) is 0 Å². The molecule has 6 heteroatoms. The maximum atomic E-state index is 5.89. The summed E-state index contributed by atoms with van der Waals surface area (Å²) in [4.78, 5) is 0. The van der Waals surface area contributed by atoms with Gasteiger partial charge in [-0.15, -0.1) is 10.2 Å². The maximum Gasteiger partial charge on any atom is 0.175 e. The lowest BCUT2D eigenvalue weighted by Crippen LogP contribution is -2.10. The fourth-order valence-electron chi connectivity index (χ4n) is 1.64. The molecule has 0 aliphatic rings. The summed E-state index contributed by atoms with van der Waals surface area (Å²) in [5.74, 6) is 0. The third-order valence-electron chi connectivity index (χ3n) is 2.56. The fourth-order valence-corrected chi connectivity index (χ4v) is 4.40. The van der Waals surface area contributed by atoms with Crippen molar-refractivity contribution in [1.82, 2.24) is 10.2 Å². The van der Waals surface area contributed by atoms with E-state index in [1.165, 1.54) is 11.1 Å². The molecule has 0 aliphatic heterocycles. The molecule has 1 aromatic heterocycles. The molecule has 1 heterocycles. The second-order valence-electron chi connectivity index (χ2n) is 3.74. The van der Waals surface area contributed by atoms with E-state index in [9.17, 15) is 0 Å². The van der Waals surface area contributed by atoms with Crippen LogP contribution < -0.4 is 5.73 Å². The van der Waals surface area contributed by atoms with E-state index in [2.05, 4.69) is 35.3 Å². The van der Waals surface area contributed by atoms with Gasteiger partial charge >= 0.3 is 0 Å². The molecule has 0 bridgehead atoms. The Kier molecular flexibility index (Phi) is 5.05. The molecule has 1 unspecified atom stereocenters. The first-order valence-corrected chi connectivity index (χ1v) is 8.46. The predicted molar refractivity (Wildman–Crippen MR) is 80.5 cm³/mol. The minimum Gasteiger partial charge on any atom is -0.329 e. The summed E-state index contributed by atoms with van der Waals surface area (Å²) in [7, 11) is 0. The average Bonchev–Trinajstić information content (AvgIpc) is 2.85. The van der Waals surface area contributed by atoms with E-state index in [1.807, 2.05) is 12.3 Å². The molecule has 0 aliphatic carbocycles. The van der Waals surface area contributed by atoms with Gasteiger partial charge in [-0.2, -0.15) is 0 Å². The highest BCUT2D eigenvalue weighted by atomic mass is 32.2. The Morgan fingerprint density at radius 1 is 1.28 bits per heavy atom. The molecular formula is C12H15N3S3. The molecule has 1 atom stereocenters. The second-order valence-corrected chi connectivity index (χ2v) is 7.22. The molecule has 3 nitrogen and oxygen atoms in total. The topological polar surface area (TPSA) is 51.8 Å². The van der Waals surface area contributed by atoms with Crippen LogP contribution in [0.2, 0.25) is 0 Å². The lowest BCUT2D eigenvalue weighted by atomic mass is 10.1. The predicted octanol–water partition coefficient (Wildman–Crippen LogP) is 3.36. The van der Waals surface area contributed by atoms with Gasteiger partial charge in [-0.05, 0) is 24.3 Å². The number of benzene rings is 1. The Morgan fingerprint density at radius 3 is 2.61 bits per heavy atom. The third kappa shape index (κ3) is 3.26. The standard InChI is InChI=1S/C12H15N3S3/c1-8-5-3-4-6-9(8)10(7-13)17-12-15-14-11(16-2)18-12/h3-6,10H,7,13H2,1-2H3. The van der Waals surface area contributed by atoms with Crippen LogP contribution in [-0.2, 0) is 0 Å². The number of nitrogens with zero attached hydrogens (tertiary/aromatic N) is 2. The zero-order chi connectivity index (χ0) is 13.0. The van der Waals surface area contributed by atoms with E-state index < -0.39 is 0 Å². The van der Waals surface area contributed by atoms with Crippen molar-refractivity contribution < 1.29 is 0 Å². The molecule has 1 aromatic carbocycles. The van der Waals surface area contributed by atoms with Crippen molar-refractivity contribution in [3.05, 3.63) is 35.4 Å². The summed E-state index contributed by atoms with van der Waals surface area (Å²) >= 11 is 4.95. The van der Waals surface area contributed by atoms with Gasteiger partial charge in [0.1, 0.15) is 0 Å². The van der Waals surface area contributed by atoms with Gasteiger partial charge in [0.05, 0.1) is 0 Å². The van der Waals surface area contributed by atoms with Gasteiger partial charge in [0.2, 0.25) is 0 Å². The van der Waals surface area contributed by atoms with Crippen LogP contribution in [0, 0.1) is 6.92 Å². The molecule has 2 N–H and O–H groups in total. The van der Waals surface area contributed by atoms with Gasteiger partial charge in [-0.25, -0.2) is 0 Å². The number of aromatic nitrogens is 2. The highest BCUT2D eigenvalue weighted by Crippen LogP contribution is 2.38. The fraction of sp³-hybridized carbons (Fsp3) is 0.333. The SMILES string of the molecule is CSc1nnc(SC(CN)c2ccccc2C)s1. The van der Waals surface area contributed by atoms with Crippen LogP contribution in [0.15, 0.2) is 32.9 Å². The van der Waals surface area contributed by atoms with Crippen molar-refractivity contribution in [3.63, 3.8) is 0 Å². The number of hydrogen-bond donors (Lipinski definition) is 1. The third-order valence-corrected chi connectivity index (χ3v) is 5.80. The number of rotatable bonds is 5. The minimum atomic E-state index is 0.244. The van der Waals surface area contributed by atoms with Gasteiger partial charge in [-0.3, -0.25) is 0 Å². The Hall–Kier alpha value is -0.560. The number of aryl methyl sites for hydroxylation is 1. The molecule has 0 spiro atoms. The normalized spacial score (nSPS) is 12.6. The summed E-state index contributed by atoms with van der Waals surface area (Å²) in [6.45, 7) is 2.72. The van der Waals surface area contributed by atoms with Crippen LogP contribution in [0.3, 0.4) is 0 Å². The van der Waals surface area contributed by atoms with E-state index >= 15 is 0 Å². The monoisotopic (exact) mass is 297 g/mol. The van der Waals surface area contributed by atoms with Crippen molar-refractivity contribution in [2.45, 2.75) is 20.9 Å². The zero-order valence-corrected chi connectivity index (χ0v) is 12.7. The molecule has 0 fully saturated rings. The molecule has 96 valence electrons. The lowest BCUT2D eigenvalue weighted by Gasteiger charge is -2.15. The number of hydrogen-bond acceptors (Lipinski definition) is 6. The van der Waals surface area contributed by atoms with Gasteiger partial charge < -0.3 is 5.73 Å². The van der Waals surface area contributed by atoms with E-state index in [-0.39, 0.29) is 5.25 Å². The largest absolute Gasteiger partial charge is 0.329 e. The first kappa shape index (κ1) is 13.9. The minimum absolute atomic E-state index is 0.244. The van der Waals surface area contributed by atoms with Gasteiger partial charge in [-0.1, -0.05) is 59.1 Å². The van der Waals surface area contributed by atoms with Gasteiger partial charge in [0.15, 0.2) is 8.68 Å². The Balaban J connectivity index is 2.17. The van der Waals surface area contributed by atoms with E-state index in [0.717, 1.165) is 8.68 Å². The molecule has 0 saturated heterocycles. The van der Waals surface area contributed by atoms with E-state index in [0.29, 0.717) is 6.54 Å². The van der Waals surface area contributed by atoms with Crippen LogP contribution in [-0.4, -0.2) is 23.0 Å². The van der Waals surface area contributed by atoms with Crippen LogP contribution in [0.1, 0.15) is 16.4 Å². The Bertz CT molecular complexity index is 513. The van der Waals surface area contributed by atoms with Crippen LogP contribution in [0.25, 0.3) is 0 Å². The maximum absolute atomic E-state index is 5.89. The first-order chi connectivity index (χ1) is 8.74. The van der Waals surface area contributed by atoms with Crippen LogP contribution in [0.5, 0.6) is 0 Å². The molecule has 2 rings (SSSR count). The second kappa shape index (κ2) is 6.56. The first-order valence-electron chi connectivity index (χ1n) is 5.54. The van der Waals surface area contributed by atoms with E-state index in [4.69, 9.17) is 5.73 Å². The number of thioether (sulfide) groups is 2. The zero-order valence-electron chi connectivity index (χ0n) is 10.3. The lowest BCUT2D eigenvalue weighted by molar-refractivity contribution is 0.915. The quantitative estimate of drug-likeness (QED) is 0.858. The van der Waals surface area contributed by atoms with E-state index in [1.54, 1.807) is 34.9 Å². The Labute approximate surface area is 120 Å². The highest BCUT2D eigenvalue weighted by Gasteiger charge is 2.16. The van der Waals surface area contributed by atoms with Crippen molar-refractivity contribution in [2.24, 2.45) is 5.73 Å². The van der Waals surface area contributed by atoms with Crippen molar-refractivity contribution >= 4 is 34.9 Å². The molecule has 0 saturated carbocycles. The summed E-state index contributed by atoms with van der Waals surface area (Å²) in [5.41, 5.74) is 8.45. The van der Waals surface area contributed by atoms with Gasteiger partial charge in [0, 0.05) is 11.8 Å². The van der Waals surface area contributed by atoms with Crippen molar-refractivity contribution in [2.75, 3.05) is 12.8 Å². The van der Waals surface area contributed by atoms with Crippen molar-refractivity contribution in [3.8, 4) is 0 Å². The Morgan fingerprint density at radius 2 is 2.00 bits per heavy atom. The molecule has 0 radical (unpaired) electrons. The summed E-state index contributed by atoms with van der Waals surface area (Å²) in [5, 5.41) is 8.54. The molecule has 18 heavy (non-hydrogen) atoms. The van der Waals surface area contributed by atoms with Crippen LogP contribution in [0.4, 0.5) is 0 Å². The van der Waals surface area contributed by atoms with Gasteiger partial charge in [0.25, 0.3) is 0 Å².